The number of carboxylic acids is 1. The summed E-state index contributed by atoms with van der Waals surface area (Å²) in [5.41, 5.74) is 0. The monoisotopic (exact) mass is 209 g/mol. The van der Waals surface area contributed by atoms with Crippen LogP contribution in [0.3, 0.4) is 0 Å². The van der Waals surface area contributed by atoms with Crippen LogP contribution in [0.1, 0.15) is 30.3 Å². The molecule has 2 rings (SSSR count). The van der Waals surface area contributed by atoms with Crippen molar-refractivity contribution >= 4 is 11.9 Å². The highest BCUT2D eigenvalue weighted by Gasteiger charge is 2.19. The summed E-state index contributed by atoms with van der Waals surface area (Å²) in [4.78, 5) is 12.7. The quantitative estimate of drug-likeness (QED) is 0.811. The molecule has 0 saturated carbocycles. The van der Waals surface area contributed by atoms with Crippen molar-refractivity contribution in [2.45, 2.75) is 19.8 Å². The van der Waals surface area contributed by atoms with Crippen LogP contribution in [0.5, 0.6) is 0 Å². The molecule has 2 heterocycles. The second-order valence-corrected chi connectivity index (χ2v) is 4.11. The lowest BCUT2D eigenvalue weighted by Crippen LogP contribution is -2.32. The number of hydrogen-bond acceptors (Lipinski definition) is 3. The van der Waals surface area contributed by atoms with Crippen molar-refractivity contribution in [3.63, 3.8) is 0 Å². The molecule has 0 aromatic carbocycles. The zero-order valence-corrected chi connectivity index (χ0v) is 8.77. The first-order chi connectivity index (χ1) is 7.16. The summed E-state index contributed by atoms with van der Waals surface area (Å²) in [5, 5.41) is 8.73. The number of rotatable bonds is 2. The lowest BCUT2D eigenvalue weighted by Gasteiger charge is -2.29. The van der Waals surface area contributed by atoms with Gasteiger partial charge in [-0.05, 0) is 24.8 Å². The van der Waals surface area contributed by atoms with Crippen LogP contribution >= 0.6 is 0 Å². The van der Waals surface area contributed by atoms with Crippen LogP contribution in [0.4, 0.5) is 5.88 Å². The first kappa shape index (κ1) is 10.1. The molecule has 1 N–H and O–H groups in total. The van der Waals surface area contributed by atoms with Crippen LogP contribution in [0.25, 0.3) is 0 Å². The van der Waals surface area contributed by atoms with E-state index in [4.69, 9.17) is 9.52 Å². The Labute approximate surface area is 88.5 Å². The first-order valence-corrected chi connectivity index (χ1v) is 5.25. The fourth-order valence-electron chi connectivity index (χ4n) is 1.84. The normalized spacial score (nSPS) is 18.1. The van der Waals surface area contributed by atoms with Gasteiger partial charge in [0.1, 0.15) is 0 Å². The summed E-state index contributed by atoms with van der Waals surface area (Å²) in [6, 6.07) is 3.25. The summed E-state index contributed by atoms with van der Waals surface area (Å²) in [6.07, 6.45) is 2.28. The summed E-state index contributed by atoms with van der Waals surface area (Å²) >= 11 is 0. The molecule has 1 aliphatic rings. The van der Waals surface area contributed by atoms with Crippen molar-refractivity contribution in [2.24, 2.45) is 5.92 Å². The topological polar surface area (TPSA) is 53.7 Å². The number of anilines is 1. The summed E-state index contributed by atoms with van der Waals surface area (Å²) < 4.78 is 5.25. The van der Waals surface area contributed by atoms with Gasteiger partial charge in [0.25, 0.3) is 0 Å². The average molecular weight is 209 g/mol. The molecule has 82 valence electrons. The Morgan fingerprint density at radius 2 is 2.13 bits per heavy atom. The Hall–Kier alpha value is -1.45. The Kier molecular flexibility index (Phi) is 2.66. The van der Waals surface area contributed by atoms with Crippen LogP contribution in [-0.2, 0) is 0 Å². The lowest BCUT2D eigenvalue weighted by atomic mass is 9.99. The number of aromatic carboxylic acids is 1. The molecule has 0 unspecified atom stereocenters. The van der Waals surface area contributed by atoms with Crippen LogP contribution in [0.2, 0.25) is 0 Å². The van der Waals surface area contributed by atoms with E-state index in [1.165, 1.54) is 6.07 Å². The largest absolute Gasteiger partial charge is 0.475 e. The molecule has 1 aliphatic heterocycles. The number of hydrogen-bond donors (Lipinski definition) is 1. The Morgan fingerprint density at radius 1 is 1.47 bits per heavy atom. The van der Waals surface area contributed by atoms with Gasteiger partial charge in [-0.15, -0.1) is 0 Å². The summed E-state index contributed by atoms with van der Waals surface area (Å²) in [6.45, 7) is 4.14. The lowest BCUT2D eigenvalue weighted by molar-refractivity contribution is 0.0663. The predicted molar refractivity (Wildman–Crippen MR) is 56.3 cm³/mol. The van der Waals surface area contributed by atoms with Crippen molar-refractivity contribution in [1.82, 2.24) is 0 Å². The Morgan fingerprint density at radius 3 is 2.67 bits per heavy atom. The van der Waals surface area contributed by atoms with Gasteiger partial charge in [-0.3, -0.25) is 0 Å². The molecule has 1 fully saturated rings. The standard InChI is InChI=1S/C11H15NO3/c1-8-4-6-12(7-5-8)10-3-2-9(15-10)11(13)14/h2-3,8H,4-7H2,1H3,(H,13,14). The molecule has 0 aliphatic carbocycles. The highest BCUT2D eigenvalue weighted by Crippen LogP contribution is 2.24. The van der Waals surface area contributed by atoms with Crippen LogP contribution < -0.4 is 4.90 Å². The van der Waals surface area contributed by atoms with E-state index in [-0.39, 0.29) is 5.76 Å². The van der Waals surface area contributed by atoms with E-state index >= 15 is 0 Å². The van der Waals surface area contributed by atoms with Crippen LogP contribution in [0.15, 0.2) is 16.5 Å². The van der Waals surface area contributed by atoms with E-state index in [0.29, 0.717) is 5.88 Å². The van der Waals surface area contributed by atoms with Gasteiger partial charge in [0, 0.05) is 19.2 Å². The van der Waals surface area contributed by atoms with E-state index < -0.39 is 5.97 Å². The number of nitrogens with zero attached hydrogens (tertiary/aromatic N) is 1. The Bertz CT molecular complexity index is 350. The highest BCUT2D eigenvalue weighted by atomic mass is 16.4. The molecule has 0 spiro atoms. The molecular formula is C11H15NO3. The van der Waals surface area contributed by atoms with Crippen molar-refractivity contribution in [1.29, 1.82) is 0 Å². The van der Waals surface area contributed by atoms with E-state index in [9.17, 15) is 4.79 Å². The second-order valence-electron chi connectivity index (χ2n) is 4.11. The molecule has 15 heavy (non-hydrogen) atoms. The number of carbonyl (C=O) groups is 1. The molecule has 0 amide bonds. The zero-order valence-electron chi connectivity index (χ0n) is 8.77. The van der Waals surface area contributed by atoms with Crippen molar-refractivity contribution in [3.8, 4) is 0 Å². The van der Waals surface area contributed by atoms with Crippen molar-refractivity contribution in [2.75, 3.05) is 18.0 Å². The molecule has 0 radical (unpaired) electrons. The third kappa shape index (κ3) is 2.14. The van der Waals surface area contributed by atoms with Crippen LogP contribution in [0, 0.1) is 5.92 Å². The van der Waals surface area contributed by atoms with Crippen LogP contribution in [-0.4, -0.2) is 24.2 Å². The third-order valence-corrected chi connectivity index (χ3v) is 2.90. The van der Waals surface area contributed by atoms with Crippen molar-refractivity contribution < 1.29 is 14.3 Å². The fourth-order valence-corrected chi connectivity index (χ4v) is 1.84. The molecule has 4 heteroatoms. The minimum atomic E-state index is -1.01. The fraction of sp³-hybridized carbons (Fsp3) is 0.545. The van der Waals surface area contributed by atoms with E-state index in [0.717, 1.165) is 31.8 Å². The van der Waals surface area contributed by atoms with Crippen molar-refractivity contribution in [3.05, 3.63) is 17.9 Å². The van der Waals surface area contributed by atoms with Gasteiger partial charge in [-0.25, -0.2) is 4.79 Å². The van der Waals surface area contributed by atoms with E-state index in [2.05, 4.69) is 11.8 Å². The molecular weight excluding hydrogens is 194 g/mol. The van der Waals surface area contributed by atoms with Gasteiger partial charge < -0.3 is 14.4 Å². The molecule has 0 atom stereocenters. The average Bonchev–Trinajstić information content (AvgIpc) is 2.68. The SMILES string of the molecule is CC1CCN(c2ccc(C(=O)O)o2)CC1. The number of carboxylic acid groups (broad SMARTS) is 1. The summed E-state index contributed by atoms with van der Waals surface area (Å²) in [7, 11) is 0. The maximum Gasteiger partial charge on any atom is 0.371 e. The zero-order chi connectivity index (χ0) is 10.8. The highest BCUT2D eigenvalue weighted by molar-refractivity contribution is 5.84. The maximum absolute atomic E-state index is 10.6. The minimum Gasteiger partial charge on any atom is -0.475 e. The third-order valence-electron chi connectivity index (χ3n) is 2.90. The van der Waals surface area contributed by atoms with Gasteiger partial charge in [-0.1, -0.05) is 6.92 Å². The molecule has 0 bridgehead atoms. The summed E-state index contributed by atoms with van der Waals surface area (Å²) in [5.74, 6) is 0.449. The first-order valence-electron chi connectivity index (χ1n) is 5.25. The minimum absolute atomic E-state index is 0.0172. The van der Waals surface area contributed by atoms with E-state index in [1.807, 2.05) is 0 Å². The van der Waals surface area contributed by atoms with Gasteiger partial charge in [-0.2, -0.15) is 0 Å². The molecule has 1 aromatic heterocycles. The van der Waals surface area contributed by atoms with Gasteiger partial charge >= 0.3 is 5.97 Å². The van der Waals surface area contributed by atoms with E-state index in [1.54, 1.807) is 6.07 Å². The molecule has 1 aromatic rings. The second kappa shape index (κ2) is 3.96. The predicted octanol–water partition coefficient (Wildman–Crippen LogP) is 2.21. The number of piperidine rings is 1. The van der Waals surface area contributed by atoms with Gasteiger partial charge in [0.05, 0.1) is 0 Å². The Balaban J connectivity index is 2.06. The molecule has 4 nitrogen and oxygen atoms in total. The van der Waals surface area contributed by atoms with Gasteiger partial charge in [0.2, 0.25) is 5.76 Å². The maximum atomic E-state index is 10.6. The van der Waals surface area contributed by atoms with Gasteiger partial charge in [0.15, 0.2) is 5.88 Å². The smallest absolute Gasteiger partial charge is 0.371 e. The number of furan rings is 1. The molecule has 1 saturated heterocycles.